The van der Waals surface area contributed by atoms with E-state index < -0.39 is 5.97 Å². The van der Waals surface area contributed by atoms with Crippen LogP contribution in [-0.2, 0) is 19.4 Å². The van der Waals surface area contributed by atoms with Gasteiger partial charge in [0.25, 0.3) is 0 Å². The number of nitrogens with one attached hydrogen (secondary N) is 1. The number of nitrogens with zero attached hydrogens (tertiary/aromatic N) is 6. The summed E-state index contributed by atoms with van der Waals surface area (Å²) in [6, 6.07) is 23.5. The van der Waals surface area contributed by atoms with Gasteiger partial charge in [-0.1, -0.05) is 74.5 Å². The molecule has 0 saturated heterocycles. The van der Waals surface area contributed by atoms with E-state index in [1.165, 1.54) is 0 Å². The molecule has 0 amide bonds. The van der Waals surface area contributed by atoms with Crippen LogP contribution in [0.5, 0.6) is 0 Å². The maximum absolute atomic E-state index is 11.1. The average Bonchev–Trinajstić information content (AvgIpc) is 3.63. The molecule has 9 heteroatoms. The van der Waals surface area contributed by atoms with E-state index in [0.717, 1.165) is 52.3 Å². The number of carboxylic acid groups (broad SMARTS) is 1. The highest BCUT2D eigenvalue weighted by Gasteiger charge is 2.16. The van der Waals surface area contributed by atoms with Crippen LogP contribution in [0.4, 0.5) is 0 Å². The lowest BCUT2D eigenvalue weighted by atomic mass is 9.98. The van der Waals surface area contributed by atoms with Gasteiger partial charge in [0.2, 0.25) is 5.82 Å². The second-order valence-corrected chi connectivity index (χ2v) is 9.33. The van der Waals surface area contributed by atoms with E-state index in [4.69, 9.17) is 15.2 Å². The van der Waals surface area contributed by atoms with E-state index in [2.05, 4.69) is 64.8 Å². The lowest BCUT2D eigenvalue weighted by molar-refractivity contribution is 0.0697. The Kier molecular flexibility index (Phi) is 7.35. The number of carboxylic acids is 1. The van der Waals surface area contributed by atoms with Gasteiger partial charge in [-0.05, 0) is 52.4 Å². The van der Waals surface area contributed by atoms with Gasteiger partial charge in [-0.2, -0.15) is 10.3 Å². The Bertz CT molecular complexity index is 1510. The molecule has 1 unspecified atom stereocenters. The maximum Gasteiger partial charge on any atom is 0.335 e. The molecule has 1 atom stereocenters. The SMILES string of the molecule is CCC(C)c1nc(CCc2ccc(C(=O)O)cc2)n(Cc2ccc(-c3ccccc3-c3nn[nH]n3)cc2)n1. The summed E-state index contributed by atoms with van der Waals surface area (Å²) in [6.07, 6.45) is 2.44. The van der Waals surface area contributed by atoms with Gasteiger partial charge in [0.05, 0.1) is 12.1 Å². The lowest BCUT2D eigenvalue weighted by Gasteiger charge is -2.10. The van der Waals surface area contributed by atoms with Crippen molar-refractivity contribution in [3.8, 4) is 22.5 Å². The first-order chi connectivity index (χ1) is 18.5. The van der Waals surface area contributed by atoms with Gasteiger partial charge in [0, 0.05) is 17.9 Å². The number of aromatic amines is 1. The monoisotopic (exact) mass is 507 g/mol. The Morgan fingerprint density at radius 2 is 1.66 bits per heavy atom. The van der Waals surface area contributed by atoms with Crippen molar-refractivity contribution in [3.63, 3.8) is 0 Å². The average molecular weight is 508 g/mol. The molecule has 0 saturated carbocycles. The normalized spacial score (nSPS) is 11.9. The number of aromatic nitrogens is 7. The molecule has 2 N–H and O–H groups in total. The van der Waals surface area contributed by atoms with E-state index >= 15 is 0 Å². The van der Waals surface area contributed by atoms with Gasteiger partial charge in [-0.3, -0.25) is 0 Å². The third-order valence-corrected chi connectivity index (χ3v) is 6.77. The van der Waals surface area contributed by atoms with Crippen molar-refractivity contribution in [2.45, 2.75) is 45.6 Å². The van der Waals surface area contributed by atoms with Crippen molar-refractivity contribution in [1.29, 1.82) is 0 Å². The van der Waals surface area contributed by atoms with Crippen LogP contribution in [0.2, 0.25) is 0 Å². The minimum Gasteiger partial charge on any atom is -0.478 e. The third kappa shape index (κ3) is 5.51. The molecule has 2 aromatic heterocycles. The highest BCUT2D eigenvalue weighted by molar-refractivity contribution is 5.87. The lowest BCUT2D eigenvalue weighted by Crippen LogP contribution is -2.08. The molecule has 192 valence electrons. The molecule has 0 fully saturated rings. The maximum atomic E-state index is 11.1. The molecule has 0 spiro atoms. The summed E-state index contributed by atoms with van der Waals surface area (Å²) in [5.74, 6) is 1.70. The van der Waals surface area contributed by atoms with E-state index in [-0.39, 0.29) is 5.92 Å². The number of carbonyl (C=O) groups is 1. The third-order valence-electron chi connectivity index (χ3n) is 6.77. The molecule has 38 heavy (non-hydrogen) atoms. The van der Waals surface area contributed by atoms with Gasteiger partial charge in [0.15, 0.2) is 5.82 Å². The van der Waals surface area contributed by atoms with Gasteiger partial charge in [-0.15, -0.1) is 10.2 Å². The number of H-pyrrole nitrogens is 1. The molecule has 0 aliphatic carbocycles. The summed E-state index contributed by atoms with van der Waals surface area (Å²) in [5, 5.41) is 28.5. The fourth-order valence-corrected chi connectivity index (χ4v) is 4.34. The van der Waals surface area contributed by atoms with Crippen LogP contribution in [0.25, 0.3) is 22.5 Å². The number of tetrazole rings is 1. The zero-order chi connectivity index (χ0) is 26.5. The van der Waals surface area contributed by atoms with E-state index in [0.29, 0.717) is 24.4 Å². The predicted octanol–water partition coefficient (Wildman–Crippen LogP) is 5.17. The summed E-state index contributed by atoms with van der Waals surface area (Å²) in [5.41, 5.74) is 5.51. The fourth-order valence-electron chi connectivity index (χ4n) is 4.34. The van der Waals surface area contributed by atoms with Gasteiger partial charge < -0.3 is 5.11 Å². The molecule has 5 aromatic rings. The minimum absolute atomic E-state index is 0.272. The molecular weight excluding hydrogens is 478 g/mol. The van der Waals surface area contributed by atoms with Crippen LogP contribution in [0.1, 0.15) is 59.3 Å². The first-order valence-corrected chi connectivity index (χ1v) is 12.7. The predicted molar refractivity (Wildman–Crippen MR) is 144 cm³/mol. The molecule has 9 nitrogen and oxygen atoms in total. The van der Waals surface area contributed by atoms with Crippen molar-refractivity contribution < 1.29 is 9.90 Å². The van der Waals surface area contributed by atoms with Crippen LogP contribution in [-0.4, -0.2) is 46.5 Å². The van der Waals surface area contributed by atoms with Crippen LogP contribution < -0.4 is 0 Å². The Balaban J connectivity index is 1.36. The van der Waals surface area contributed by atoms with Crippen molar-refractivity contribution in [2.75, 3.05) is 0 Å². The number of benzene rings is 3. The summed E-state index contributed by atoms with van der Waals surface area (Å²) < 4.78 is 2.00. The van der Waals surface area contributed by atoms with Crippen molar-refractivity contribution in [2.24, 2.45) is 0 Å². The zero-order valence-electron chi connectivity index (χ0n) is 21.4. The Labute approximate surface area is 220 Å². The van der Waals surface area contributed by atoms with Crippen LogP contribution in [0.3, 0.4) is 0 Å². The molecule has 5 rings (SSSR count). The quantitative estimate of drug-likeness (QED) is 0.267. The number of aryl methyl sites for hydroxylation is 2. The smallest absolute Gasteiger partial charge is 0.335 e. The van der Waals surface area contributed by atoms with E-state index in [9.17, 15) is 4.79 Å². The highest BCUT2D eigenvalue weighted by Crippen LogP contribution is 2.30. The Morgan fingerprint density at radius 1 is 0.947 bits per heavy atom. The number of hydrogen-bond donors (Lipinski definition) is 2. The second kappa shape index (κ2) is 11.2. The van der Waals surface area contributed by atoms with Crippen LogP contribution in [0.15, 0.2) is 72.8 Å². The van der Waals surface area contributed by atoms with Crippen LogP contribution >= 0.6 is 0 Å². The molecular formula is C29H29N7O2. The van der Waals surface area contributed by atoms with E-state index in [1.807, 2.05) is 35.0 Å². The first kappa shape index (κ1) is 25.0. The van der Waals surface area contributed by atoms with E-state index in [1.54, 1.807) is 12.1 Å². The molecule has 3 aromatic carbocycles. The molecule has 0 aliphatic heterocycles. The van der Waals surface area contributed by atoms with Crippen LogP contribution in [0, 0.1) is 0 Å². The molecule has 2 heterocycles. The highest BCUT2D eigenvalue weighted by atomic mass is 16.4. The van der Waals surface area contributed by atoms with Crippen molar-refractivity contribution in [3.05, 3.63) is 101 Å². The number of hydrogen-bond acceptors (Lipinski definition) is 6. The first-order valence-electron chi connectivity index (χ1n) is 12.7. The Morgan fingerprint density at radius 3 is 2.32 bits per heavy atom. The molecule has 0 aliphatic rings. The van der Waals surface area contributed by atoms with Gasteiger partial charge in [-0.25, -0.2) is 14.5 Å². The van der Waals surface area contributed by atoms with Gasteiger partial charge in [0.1, 0.15) is 5.82 Å². The standard InChI is InChI=1S/C29H29N7O2/c1-3-19(2)27-30-26(17-12-20-8-15-23(16-9-20)29(37)38)36(33-27)18-21-10-13-22(14-11-21)24-6-4-5-7-25(24)28-31-34-35-32-28/h4-11,13-16,19H,3,12,17-18H2,1-2H3,(H,37,38)(H,31,32,34,35). The summed E-state index contributed by atoms with van der Waals surface area (Å²) in [6.45, 7) is 4.90. The van der Waals surface area contributed by atoms with Gasteiger partial charge >= 0.3 is 5.97 Å². The number of aromatic carboxylic acids is 1. The fraction of sp³-hybridized carbons (Fsp3) is 0.241. The summed E-state index contributed by atoms with van der Waals surface area (Å²) in [4.78, 5) is 16.0. The van der Waals surface area contributed by atoms with Crippen molar-refractivity contribution in [1.82, 2.24) is 35.4 Å². The second-order valence-electron chi connectivity index (χ2n) is 9.33. The Hall–Kier alpha value is -4.66. The largest absolute Gasteiger partial charge is 0.478 e. The topological polar surface area (TPSA) is 122 Å². The van der Waals surface area contributed by atoms with Crippen molar-refractivity contribution >= 4 is 5.97 Å². The summed E-state index contributed by atoms with van der Waals surface area (Å²) in [7, 11) is 0. The molecule has 0 radical (unpaired) electrons. The summed E-state index contributed by atoms with van der Waals surface area (Å²) >= 11 is 0. The number of rotatable bonds is 10. The molecule has 0 bridgehead atoms. The zero-order valence-corrected chi connectivity index (χ0v) is 21.4. The minimum atomic E-state index is -0.918.